The summed E-state index contributed by atoms with van der Waals surface area (Å²) in [6, 6.07) is 4.54. The molecule has 1 heterocycles. The summed E-state index contributed by atoms with van der Waals surface area (Å²) >= 11 is 12.9. The van der Waals surface area contributed by atoms with Crippen molar-refractivity contribution >= 4 is 40.2 Å². The first-order valence-electron chi connectivity index (χ1n) is 4.45. The summed E-state index contributed by atoms with van der Waals surface area (Å²) < 4.78 is 14.0. The van der Waals surface area contributed by atoms with Crippen LogP contribution >= 0.6 is 34.5 Å². The van der Waals surface area contributed by atoms with Gasteiger partial charge in [0.2, 0.25) is 0 Å². The fourth-order valence-electron chi connectivity index (χ4n) is 1.20. The lowest BCUT2D eigenvalue weighted by molar-refractivity contribution is 0.630. The zero-order chi connectivity index (χ0) is 11.5. The molecule has 2 aromatic rings. The molecule has 0 radical (unpaired) electrons. The van der Waals surface area contributed by atoms with E-state index in [1.165, 1.54) is 17.4 Å². The molecule has 6 heteroatoms. The highest BCUT2D eigenvalue weighted by Gasteiger charge is 2.07. The van der Waals surface area contributed by atoms with Crippen LogP contribution in [-0.4, -0.2) is 4.98 Å². The summed E-state index contributed by atoms with van der Waals surface area (Å²) in [7, 11) is 0. The molecule has 0 unspecified atom stereocenters. The second-order valence-electron chi connectivity index (χ2n) is 3.01. The molecule has 0 spiro atoms. The van der Waals surface area contributed by atoms with E-state index in [9.17, 15) is 4.39 Å². The molecular formula is C10H7Cl2FN2S. The highest BCUT2D eigenvalue weighted by molar-refractivity contribution is 7.15. The Balaban J connectivity index is 2.10. The Morgan fingerprint density at radius 3 is 2.81 bits per heavy atom. The summed E-state index contributed by atoms with van der Waals surface area (Å²) in [5.74, 6) is -0.379. The molecular weight excluding hydrogens is 270 g/mol. The van der Waals surface area contributed by atoms with Crippen molar-refractivity contribution in [3.63, 3.8) is 0 Å². The quantitative estimate of drug-likeness (QED) is 0.909. The Kier molecular flexibility index (Phi) is 3.63. The van der Waals surface area contributed by atoms with Crippen LogP contribution < -0.4 is 5.32 Å². The third kappa shape index (κ3) is 2.64. The monoisotopic (exact) mass is 276 g/mol. The first kappa shape index (κ1) is 11.6. The van der Waals surface area contributed by atoms with Gasteiger partial charge in [-0.3, -0.25) is 0 Å². The van der Waals surface area contributed by atoms with E-state index < -0.39 is 0 Å². The maximum Gasteiger partial charge on any atom is 0.147 e. The Morgan fingerprint density at radius 2 is 2.19 bits per heavy atom. The average molecular weight is 277 g/mol. The molecule has 84 valence electrons. The molecule has 0 amide bonds. The molecule has 1 N–H and O–H groups in total. The zero-order valence-corrected chi connectivity index (χ0v) is 10.3. The number of nitrogens with zero attached hydrogens (tertiary/aromatic N) is 1. The summed E-state index contributed by atoms with van der Waals surface area (Å²) in [6.07, 6.45) is 1.56. The summed E-state index contributed by atoms with van der Waals surface area (Å²) in [4.78, 5) is 4.05. The van der Waals surface area contributed by atoms with Crippen LogP contribution in [0, 0.1) is 5.82 Å². The number of halogens is 3. The fraction of sp³-hybridized carbons (Fsp3) is 0.100. The molecule has 0 aliphatic carbocycles. The normalized spacial score (nSPS) is 10.4. The highest BCUT2D eigenvalue weighted by atomic mass is 35.5. The number of aromatic nitrogens is 1. The van der Waals surface area contributed by atoms with Gasteiger partial charge in [0.15, 0.2) is 0 Å². The molecule has 1 aromatic heterocycles. The van der Waals surface area contributed by atoms with Crippen LogP contribution in [-0.2, 0) is 6.54 Å². The van der Waals surface area contributed by atoms with Gasteiger partial charge in [0, 0.05) is 0 Å². The van der Waals surface area contributed by atoms with Crippen molar-refractivity contribution in [3.8, 4) is 0 Å². The van der Waals surface area contributed by atoms with E-state index in [0.717, 1.165) is 5.01 Å². The second-order valence-corrected chi connectivity index (χ2v) is 5.16. The largest absolute Gasteiger partial charge is 0.375 e. The molecule has 0 fully saturated rings. The van der Waals surface area contributed by atoms with Gasteiger partial charge in [0.25, 0.3) is 0 Å². The minimum atomic E-state index is -0.379. The summed E-state index contributed by atoms with van der Waals surface area (Å²) in [5.41, 5.74) is 0.287. The Bertz CT molecular complexity index is 481. The topological polar surface area (TPSA) is 24.9 Å². The number of rotatable bonds is 3. The molecule has 1 aromatic carbocycles. The first-order valence-corrected chi connectivity index (χ1v) is 6.02. The van der Waals surface area contributed by atoms with Gasteiger partial charge in [-0.25, -0.2) is 9.37 Å². The van der Waals surface area contributed by atoms with Crippen LogP contribution in [0.4, 0.5) is 10.1 Å². The Morgan fingerprint density at radius 1 is 1.38 bits per heavy atom. The number of hydrogen-bond donors (Lipinski definition) is 1. The zero-order valence-electron chi connectivity index (χ0n) is 8.01. The van der Waals surface area contributed by atoms with Gasteiger partial charge < -0.3 is 5.32 Å². The number of anilines is 1. The predicted octanol–water partition coefficient (Wildman–Crippen LogP) is 4.20. The predicted molar refractivity (Wildman–Crippen MR) is 65.9 cm³/mol. The number of benzene rings is 1. The van der Waals surface area contributed by atoms with Crippen molar-refractivity contribution in [1.82, 2.24) is 4.98 Å². The molecule has 16 heavy (non-hydrogen) atoms. The van der Waals surface area contributed by atoms with E-state index >= 15 is 0 Å². The number of nitrogens with one attached hydrogen (secondary N) is 1. The fourth-order valence-corrected chi connectivity index (χ4v) is 2.33. The highest BCUT2D eigenvalue weighted by Crippen LogP contribution is 2.26. The maximum atomic E-state index is 13.4. The molecule has 0 aliphatic heterocycles. The van der Waals surface area contributed by atoms with Crippen LogP contribution in [0.25, 0.3) is 0 Å². The minimum absolute atomic E-state index is 0.287. The van der Waals surface area contributed by atoms with E-state index in [-0.39, 0.29) is 11.5 Å². The lowest BCUT2D eigenvalue weighted by Gasteiger charge is -2.07. The van der Waals surface area contributed by atoms with Crippen molar-refractivity contribution in [2.75, 3.05) is 5.32 Å². The number of hydrogen-bond acceptors (Lipinski definition) is 3. The molecule has 2 rings (SSSR count). The maximum absolute atomic E-state index is 13.4. The lowest BCUT2D eigenvalue weighted by Crippen LogP contribution is -2.01. The number of thiazole rings is 1. The van der Waals surface area contributed by atoms with E-state index in [4.69, 9.17) is 23.2 Å². The van der Waals surface area contributed by atoms with Crippen molar-refractivity contribution in [3.05, 3.63) is 44.6 Å². The summed E-state index contributed by atoms with van der Waals surface area (Å²) in [5, 5.41) is 4.02. The van der Waals surface area contributed by atoms with Gasteiger partial charge in [-0.2, -0.15) is 0 Å². The van der Waals surface area contributed by atoms with E-state index in [0.29, 0.717) is 15.9 Å². The molecule has 0 bridgehead atoms. The van der Waals surface area contributed by atoms with Gasteiger partial charge in [-0.1, -0.05) is 29.3 Å². The minimum Gasteiger partial charge on any atom is -0.375 e. The van der Waals surface area contributed by atoms with Gasteiger partial charge in [0.05, 0.1) is 23.5 Å². The van der Waals surface area contributed by atoms with Crippen molar-refractivity contribution in [1.29, 1.82) is 0 Å². The van der Waals surface area contributed by atoms with Crippen LogP contribution in [0.5, 0.6) is 0 Å². The van der Waals surface area contributed by atoms with Crippen molar-refractivity contribution in [2.45, 2.75) is 6.54 Å². The second kappa shape index (κ2) is 4.99. The van der Waals surface area contributed by atoms with Crippen LogP contribution in [0.2, 0.25) is 9.36 Å². The van der Waals surface area contributed by atoms with E-state index in [2.05, 4.69) is 10.3 Å². The van der Waals surface area contributed by atoms with Gasteiger partial charge in [-0.15, -0.1) is 11.3 Å². The lowest BCUT2D eigenvalue weighted by atomic mass is 10.3. The van der Waals surface area contributed by atoms with Crippen molar-refractivity contribution < 1.29 is 4.39 Å². The first-order chi connectivity index (χ1) is 7.66. The molecule has 0 saturated heterocycles. The molecule has 0 aliphatic rings. The summed E-state index contributed by atoms with van der Waals surface area (Å²) in [6.45, 7) is 0.401. The molecule has 0 atom stereocenters. The molecule has 2 nitrogen and oxygen atoms in total. The average Bonchev–Trinajstić information content (AvgIpc) is 2.63. The smallest absolute Gasteiger partial charge is 0.147 e. The SMILES string of the molecule is Fc1cccc(Cl)c1NCc1ncc(Cl)s1. The van der Waals surface area contributed by atoms with Crippen molar-refractivity contribution in [2.24, 2.45) is 0 Å². The third-order valence-electron chi connectivity index (χ3n) is 1.90. The Labute approximate surface area is 106 Å². The van der Waals surface area contributed by atoms with Gasteiger partial charge in [-0.05, 0) is 12.1 Å². The molecule has 0 saturated carbocycles. The van der Waals surface area contributed by atoms with Gasteiger partial charge in [0.1, 0.15) is 15.2 Å². The Hall–Kier alpha value is -0.840. The van der Waals surface area contributed by atoms with E-state index in [1.807, 2.05) is 0 Å². The standard InChI is InChI=1S/C10H7Cl2FN2S/c11-6-2-1-3-7(13)10(6)15-5-9-14-4-8(12)16-9/h1-4,15H,5H2. The van der Waals surface area contributed by atoms with Crippen LogP contribution in [0.15, 0.2) is 24.4 Å². The van der Waals surface area contributed by atoms with Crippen LogP contribution in [0.3, 0.4) is 0 Å². The number of para-hydroxylation sites is 1. The van der Waals surface area contributed by atoms with Gasteiger partial charge >= 0.3 is 0 Å². The van der Waals surface area contributed by atoms with E-state index in [1.54, 1.807) is 18.3 Å². The van der Waals surface area contributed by atoms with Crippen LogP contribution in [0.1, 0.15) is 5.01 Å². The third-order valence-corrected chi connectivity index (χ3v) is 3.33.